The molecule has 0 aliphatic carbocycles. The van der Waals surface area contributed by atoms with E-state index in [0.717, 1.165) is 0 Å². The molecule has 22 heavy (non-hydrogen) atoms. The summed E-state index contributed by atoms with van der Waals surface area (Å²) in [5.74, 6) is 4.64. The predicted molar refractivity (Wildman–Crippen MR) is 75.3 cm³/mol. The number of ether oxygens (including phenoxy) is 1. The molecule has 0 bridgehead atoms. The van der Waals surface area contributed by atoms with Crippen LogP contribution in [0.2, 0.25) is 0 Å². The third kappa shape index (κ3) is 2.91. The molecular weight excluding hydrogens is 294 g/mol. The number of guanidine groups is 1. The standard InChI is InChI=1S/C12H15N5O5/c1-3-21-11(18)9-6(2)14-12(16-13)15-10(9)7-4-5-8(22-7)17(19)20/h4-5,10H,3,13H2,1-2H3,(H2,14,15,16)/t10-/m1/s1. The van der Waals surface area contributed by atoms with E-state index in [2.05, 4.69) is 15.7 Å². The number of furan rings is 1. The van der Waals surface area contributed by atoms with Gasteiger partial charge < -0.3 is 14.5 Å². The number of nitrogens with zero attached hydrogens (tertiary/aromatic N) is 2. The molecule has 10 heteroatoms. The van der Waals surface area contributed by atoms with Crippen LogP contribution in [0, 0.1) is 10.1 Å². The topological polar surface area (TPSA) is 145 Å². The minimum atomic E-state index is -0.889. The van der Waals surface area contributed by atoms with Gasteiger partial charge in [-0.2, -0.15) is 0 Å². The van der Waals surface area contributed by atoms with Crippen molar-refractivity contribution >= 4 is 17.8 Å². The van der Waals surface area contributed by atoms with Crippen molar-refractivity contribution in [2.75, 3.05) is 6.61 Å². The molecule has 118 valence electrons. The van der Waals surface area contributed by atoms with Crippen molar-refractivity contribution in [2.24, 2.45) is 10.8 Å². The Kier molecular flexibility index (Phi) is 4.41. The minimum absolute atomic E-state index is 0.142. The molecular formula is C12H15N5O5. The van der Waals surface area contributed by atoms with Crippen molar-refractivity contribution in [3.05, 3.63) is 39.3 Å². The molecule has 1 atom stereocenters. The molecule has 0 fully saturated rings. The summed E-state index contributed by atoms with van der Waals surface area (Å²) in [5.41, 5.74) is 2.99. The molecule has 1 aliphatic rings. The van der Waals surface area contributed by atoms with Crippen LogP contribution in [-0.4, -0.2) is 23.5 Å². The second kappa shape index (κ2) is 6.26. The third-order valence-electron chi connectivity index (χ3n) is 2.94. The molecule has 0 spiro atoms. The van der Waals surface area contributed by atoms with E-state index in [1.54, 1.807) is 13.8 Å². The van der Waals surface area contributed by atoms with Crippen molar-refractivity contribution in [1.29, 1.82) is 0 Å². The number of nitrogens with one attached hydrogen (secondary N) is 2. The Morgan fingerprint density at radius 2 is 2.36 bits per heavy atom. The monoisotopic (exact) mass is 309 g/mol. The number of allylic oxidation sites excluding steroid dienone is 1. The van der Waals surface area contributed by atoms with E-state index in [0.29, 0.717) is 5.70 Å². The van der Waals surface area contributed by atoms with Crippen LogP contribution in [0.4, 0.5) is 5.88 Å². The molecule has 4 N–H and O–H groups in total. The summed E-state index contributed by atoms with van der Waals surface area (Å²) >= 11 is 0. The quantitative estimate of drug-likeness (QED) is 0.315. The van der Waals surface area contributed by atoms with E-state index in [9.17, 15) is 14.9 Å². The molecule has 10 nitrogen and oxygen atoms in total. The van der Waals surface area contributed by atoms with Gasteiger partial charge in [0.15, 0.2) is 0 Å². The Hall–Kier alpha value is -2.88. The fourth-order valence-corrected chi connectivity index (χ4v) is 2.02. The summed E-state index contributed by atoms with van der Waals surface area (Å²) in [5, 5.41) is 13.5. The number of hydrogen-bond donors (Lipinski definition) is 3. The first-order valence-corrected chi connectivity index (χ1v) is 6.41. The summed E-state index contributed by atoms with van der Waals surface area (Å²) < 4.78 is 10.1. The van der Waals surface area contributed by atoms with Crippen LogP contribution in [-0.2, 0) is 9.53 Å². The van der Waals surface area contributed by atoms with Crippen LogP contribution in [0.5, 0.6) is 0 Å². The number of rotatable bonds is 4. The molecule has 0 aromatic carbocycles. The maximum Gasteiger partial charge on any atom is 0.433 e. The molecule has 0 unspecified atom stereocenters. The molecule has 1 aromatic rings. The van der Waals surface area contributed by atoms with Crippen LogP contribution in [0.1, 0.15) is 25.6 Å². The second-order valence-corrected chi connectivity index (χ2v) is 4.34. The van der Waals surface area contributed by atoms with Gasteiger partial charge in [0, 0.05) is 5.70 Å². The zero-order chi connectivity index (χ0) is 16.3. The van der Waals surface area contributed by atoms with Crippen molar-refractivity contribution in [2.45, 2.75) is 19.9 Å². The predicted octanol–water partition coefficient (Wildman–Crippen LogP) is 0.489. The van der Waals surface area contributed by atoms with Crippen LogP contribution < -0.4 is 16.6 Å². The van der Waals surface area contributed by atoms with Crippen molar-refractivity contribution < 1.29 is 18.9 Å². The van der Waals surface area contributed by atoms with Gasteiger partial charge in [0.2, 0.25) is 5.96 Å². The van der Waals surface area contributed by atoms with Gasteiger partial charge in [-0.15, -0.1) is 0 Å². The molecule has 0 saturated carbocycles. The van der Waals surface area contributed by atoms with E-state index in [1.807, 2.05) is 0 Å². The first-order valence-electron chi connectivity index (χ1n) is 6.41. The molecule has 2 rings (SSSR count). The van der Waals surface area contributed by atoms with Gasteiger partial charge in [0.1, 0.15) is 16.7 Å². The lowest BCUT2D eigenvalue weighted by atomic mass is 10.0. The Morgan fingerprint density at radius 1 is 1.64 bits per heavy atom. The van der Waals surface area contributed by atoms with E-state index < -0.39 is 22.8 Å². The van der Waals surface area contributed by atoms with Gasteiger partial charge in [0.25, 0.3) is 0 Å². The molecule has 0 radical (unpaired) electrons. The fourth-order valence-electron chi connectivity index (χ4n) is 2.02. The van der Waals surface area contributed by atoms with Crippen LogP contribution in [0.15, 0.2) is 32.8 Å². The number of esters is 1. The number of hydrazine groups is 1. The fraction of sp³-hybridized carbons (Fsp3) is 0.333. The molecule has 0 saturated heterocycles. The number of carbonyl (C=O) groups excluding carboxylic acids is 1. The number of nitrogens with two attached hydrogens (primary N) is 1. The normalized spacial score (nSPS) is 17.6. The minimum Gasteiger partial charge on any atom is -0.463 e. The van der Waals surface area contributed by atoms with Gasteiger partial charge in [-0.25, -0.2) is 15.6 Å². The molecule has 1 aromatic heterocycles. The number of aliphatic imine (C=N–C) groups is 1. The second-order valence-electron chi connectivity index (χ2n) is 4.34. The highest BCUT2D eigenvalue weighted by Gasteiger charge is 2.33. The summed E-state index contributed by atoms with van der Waals surface area (Å²) in [4.78, 5) is 26.3. The van der Waals surface area contributed by atoms with Crippen molar-refractivity contribution in [3.63, 3.8) is 0 Å². The van der Waals surface area contributed by atoms with Gasteiger partial charge in [-0.1, -0.05) is 0 Å². The molecule has 2 heterocycles. The first kappa shape index (κ1) is 15.5. The SMILES string of the molecule is CCOC(=O)C1=C(C)NC(NN)=N[C@@H]1c1ccc([N+](=O)[O-])o1. The maximum atomic E-state index is 12.1. The lowest BCUT2D eigenvalue weighted by Crippen LogP contribution is -2.44. The van der Waals surface area contributed by atoms with E-state index in [-0.39, 0.29) is 23.9 Å². The van der Waals surface area contributed by atoms with E-state index in [1.165, 1.54) is 12.1 Å². The Bertz CT molecular complexity index is 663. The van der Waals surface area contributed by atoms with Gasteiger partial charge >= 0.3 is 11.9 Å². The number of hydrogen-bond acceptors (Lipinski definition) is 9. The van der Waals surface area contributed by atoms with Crippen LogP contribution in [0.3, 0.4) is 0 Å². The van der Waals surface area contributed by atoms with Gasteiger partial charge in [0.05, 0.1) is 18.2 Å². The maximum absolute atomic E-state index is 12.1. The van der Waals surface area contributed by atoms with E-state index >= 15 is 0 Å². The van der Waals surface area contributed by atoms with Gasteiger partial charge in [-0.05, 0) is 19.9 Å². The highest BCUT2D eigenvalue weighted by molar-refractivity contribution is 5.95. The number of nitro groups is 1. The van der Waals surface area contributed by atoms with Gasteiger partial charge in [-0.3, -0.25) is 15.5 Å². The summed E-state index contributed by atoms with van der Waals surface area (Å²) in [6.07, 6.45) is 0. The Morgan fingerprint density at radius 3 is 2.91 bits per heavy atom. The van der Waals surface area contributed by atoms with E-state index in [4.69, 9.17) is 15.0 Å². The van der Waals surface area contributed by atoms with Crippen LogP contribution in [0.25, 0.3) is 0 Å². The first-order chi connectivity index (χ1) is 10.5. The van der Waals surface area contributed by atoms with Crippen molar-refractivity contribution in [1.82, 2.24) is 10.7 Å². The highest BCUT2D eigenvalue weighted by atomic mass is 16.6. The largest absolute Gasteiger partial charge is 0.463 e. The smallest absolute Gasteiger partial charge is 0.433 e. The average molecular weight is 309 g/mol. The highest BCUT2D eigenvalue weighted by Crippen LogP contribution is 2.33. The Balaban J connectivity index is 2.44. The third-order valence-corrected chi connectivity index (χ3v) is 2.94. The Labute approximate surface area is 125 Å². The zero-order valence-electron chi connectivity index (χ0n) is 12.0. The van der Waals surface area contributed by atoms with Crippen LogP contribution >= 0.6 is 0 Å². The summed E-state index contributed by atoms with van der Waals surface area (Å²) in [6.45, 7) is 3.50. The summed E-state index contributed by atoms with van der Waals surface area (Å²) in [7, 11) is 0. The molecule has 1 aliphatic heterocycles. The average Bonchev–Trinajstić information content (AvgIpc) is 2.96. The number of carbonyl (C=O) groups is 1. The lowest BCUT2D eigenvalue weighted by Gasteiger charge is -2.23. The van der Waals surface area contributed by atoms with Crippen molar-refractivity contribution in [3.8, 4) is 0 Å². The zero-order valence-corrected chi connectivity index (χ0v) is 12.0. The lowest BCUT2D eigenvalue weighted by molar-refractivity contribution is -0.402. The molecule has 0 amide bonds. The summed E-state index contributed by atoms with van der Waals surface area (Å²) in [6, 6.07) is 1.69.